The first kappa shape index (κ1) is 19.7. The summed E-state index contributed by atoms with van der Waals surface area (Å²) in [7, 11) is 0. The summed E-state index contributed by atoms with van der Waals surface area (Å²) in [5.41, 5.74) is 3.78. The lowest BCUT2D eigenvalue weighted by Gasteiger charge is -2.16. The Morgan fingerprint density at radius 2 is 2.10 bits per heavy atom. The van der Waals surface area contributed by atoms with Gasteiger partial charge in [-0.15, -0.1) is 0 Å². The predicted octanol–water partition coefficient (Wildman–Crippen LogP) is 2.23. The summed E-state index contributed by atoms with van der Waals surface area (Å²) in [6, 6.07) is 8.07. The first-order valence-corrected chi connectivity index (χ1v) is 10.7. The van der Waals surface area contributed by atoms with E-state index in [4.69, 9.17) is 0 Å². The molecule has 0 aliphatic carbocycles. The second kappa shape index (κ2) is 8.11. The maximum absolute atomic E-state index is 12.8. The lowest BCUT2D eigenvalue weighted by Crippen LogP contribution is -2.29. The molecule has 1 saturated heterocycles. The molecule has 4 heterocycles. The zero-order chi connectivity index (χ0) is 21.4. The number of rotatable bonds is 6. The molecular weight excluding hydrogens is 392 g/mol. The molecule has 0 radical (unpaired) electrons. The van der Waals surface area contributed by atoms with Crippen LogP contribution in [0.1, 0.15) is 24.4 Å². The molecule has 8 heteroatoms. The van der Waals surface area contributed by atoms with Crippen molar-refractivity contribution in [1.29, 1.82) is 0 Å². The fraction of sp³-hybridized carbons (Fsp3) is 0.391. The Labute approximate surface area is 180 Å². The van der Waals surface area contributed by atoms with Crippen LogP contribution in [0.4, 0.5) is 0 Å². The molecule has 3 aromatic heterocycles. The van der Waals surface area contributed by atoms with Crippen LogP contribution >= 0.6 is 0 Å². The third kappa shape index (κ3) is 3.90. The number of aryl methyl sites for hydroxylation is 2. The number of β-amino-alcohol motifs (C(OH)–C–C–N with tert-alkyl or cyclic N) is 1. The number of carbonyl (C=O) groups is 1. The van der Waals surface area contributed by atoms with Gasteiger partial charge in [-0.3, -0.25) is 9.78 Å². The molecule has 4 aromatic rings. The molecular formula is C23H26N6O2. The van der Waals surface area contributed by atoms with Gasteiger partial charge in [-0.2, -0.15) is 0 Å². The minimum absolute atomic E-state index is 0.00254. The summed E-state index contributed by atoms with van der Waals surface area (Å²) >= 11 is 0. The maximum atomic E-state index is 12.8. The van der Waals surface area contributed by atoms with E-state index in [1.54, 1.807) is 17.3 Å². The number of amides is 1. The van der Waals surface area contributed by atoms with Crippen LogP contribution in [0.25, 0.3) is 16.7 Å². The maximum Gasteiger partial charge on any atom is 0.222 e. The van der Waals surface area contributed by atoms with E-state index in [0.29, 0.717) is 25.9 Å². The highest BCUT2D eigenvalue weighted by atomic mass is 16.3. The van der Waals surface area contributed by atoms with E-state index in [1.165, 1.54) is 0 Å². The molecule has 8 nitrogen and oxygen atoms in total. The fourth-order valence-corrected chi connectivity index (χ4v) is 4.53. The molecule has 1 amide bonds. The summed E-state index contributed by atoms with van der Waals surface area (Å²) in [6.07, 6.45) is 8.62. The van der Waals surface area contributed by atoms with Crippen molar-refractivity contribution in [3.05, 3.63) is 60.6 Å². The van der Waals surface area contributed by atoms with E-state index in [0.717, 1.165) is 41.2 Å². The fourth-order valence-electron chi connectivity index (χ4n) is 4.53. The number of likely N-dealkylation sites (tertiary alicyclic amines) is 1. The molecule has 0 spiro atoms. The van der Waals surface area contributed by atoms with E-state index in [-0.39, 0.29) is 11.8 Å². The number of benzene rings is 1. The second-order valence-corrected chi connectivity index (χ2v) is 8.30. The van der Waals surface area contributed by atoms with Gasteiger partial charge in [0.2, 0.25) is 5.91 Å². The first-order valence-electron chi connectivity index (χ1n) is 10.7. The van der Waals surface area contributed by atoms with Crippen LogP contribution in [-0.4, -0.2) is 59.0 Å². The summed E-state index contributed by atoms with van der Waals surface area (Å²) in [5.74, 6) is 1.06. The number of imidazole rings is 2. The topological polar surface area (TPSA) is 88.6 Å². The largest absolute Gasteiger partial charge is 0.391 e. The Hall–Kier alpha value is -3.26. The van der Waals surface area contributed by atoms with Gasteiger partial charge in [0.25, 0.3) is 0 Å². The monoisotopic (exact) mass is 418 g/mol. The average molecular weight is 419 g/mol. The Morgan fingerprint density at radius 1 is 1.23 bits per heavy atom. The normalized spacial score (nSPS) is 19.0. The molecule has 1 aliphatic heterocycles. The number of carbonyl (C=O) groups excluding carboxylic acids is 1. The van der Waals surface area contributed by atoms with Crippen LogP contribution < -0.4 is 0 Å². The molecule has 160 valence electrons. The smallest absolute Gasteiger partial charge is 0.222 e. The standard InChI is InChI=1S/C23H26N6O2/c1-16-26-19-5-2-3-6-20(19)29(16)9-4-7-23(31)28-13-17(21(30)15-28)11-18-14-27-10-8-24-22(27)12-25-18/h2-3,5-6,8,10,12,14,17,21,30H,4,7,9,11,13,15H2,1H3/t17-,21+/m0/s1. The zero-order valence-electron chi connectivity index (χ0n) is 17.6. The van der Waals surface area contributed by atoms with E-state index in [1.807, 2.05) is 41.9 Å². The van der Waals surface area contributed by atoms with Crippen LogP contribution in [0.3, 0.4) is 0 Å². The molecule has 0 unspecified atom stereocenters. The summed E-state index contributed by atoms with van der Waals surface area (Å²) in [6.45, 7) is 3.71. The van der Waals surface area contributed by atoms with Crippen LogP contribution in [0, 0.1) is 12.8 Å². The van der Waals surface area contributed by atoms with Gasteiger partial charge in [-0.1, -0.05) is 12.1 Å². The molecule has 1 fully saturated rings. The minimum atomic E-state index is -0.524. The molecule has 31 heavy (non-hydrogen) atoms. The first-order chi connectivity index (χ1) is 15.1. The Morgan fingerprint density at radius 3 is 3.00 bits per heavy atom. The number of aliphatic hydroxyl groups excluding tert-OH is 1. The molecule has 1 aliphatic rings. The van der Waals surface area contributed by atoms with Crippen molar-refractivity contribution < 1.29 is 9.90 Å². The SMILES string of the molecule is Cc1nc2ccccc2n1CCCC(=O)N1C[C@H](Cc2cn3ccnc3cn2)[C@H](O)C1. The predicted molar refractivity (Wildman–Crippen MR) is 116 cm³/mol. The third-order valence-corrected chi connectivity index (χ3v) is 6.18. The van der Waals surface area contributed by atoms with Crippen LogP contribution in [-0.2, 0) is 17.8 Å². The van der Waals surface area contributed by atoms with E-state index in [9.17, 15) is 9.90 Å². The highest BCUT2D eigenvalue weighted by Gasteiger charge is 2.34. The lowest BCUT2D eigenvalue weighted by atomic mass is 10.0. The number of aromatic nitrogens is 5. The Kier molecular flexibility index (Phi) is 5.15. The number of fused-ring (bicyclic) bond motifs is 2. The van der Waals surface area contributed by atoms with Gasteiger partial charge in [-0.25, -0.2) is 9.97 Å². The van der Waals surface area contributed by atoms with Gasteiger partial charge in [0.15, 0.2) is 5.65 Å². The summed E-state index contributed by atoms with van der Waals surface area (Å²) in [4.78, 5) is 27.8. The van der Waals surface area contributed by atoms with Gasteiger partial charge < -0.3 is 19.0 Å². The number of aliphatic hydroxyl groups is 1. The summed E-state index contributed by atoms with van der Waals surface area (Å²) < 4.78 is 4.09. The number of para-hydroxylation sites is 2. The third-order valence-electron chi connectivity index (χ3n) is 6.18. The van der Waals surface area contributed by atoms with Crippen molar-refractivity contribution in [3.8, 4) is 0 Å². The molecule has 0 bridgehead atoms. The quantitative estimate of drug-likeness (QED) is 0.519. The molecule has 2 atom stereocenters. The Balaban J connectivity index is 1.17. The van der Waals surface area contributed by atoms with Gasteiger partial charge in [0, 0.05) is 50.6 Å². The number of hydrogen-bond donors (Lipinski definition) is 1. The van der Waals surface area contributed by atoms with Crippen molar-refractivity contribution in [2.45, 2.75) is 38.8 Å². The number of nitrogens with zero attached hydrogens (tertiary/aromatic N) is 6. The molecule has 5 rings (SSSR count). The van der Waals surface area contributed by atoms with E-state index < -0.39 is 6.10 Å². The van der Waals surface area contributed by atoms with E-state index >= 15 is 0 Å². The van der Waals surface area contributed by atoms with Crippen molar-refractivity contribution >= 4 is 22.6 Å². The molecule has 1 aromatic carbocycles. The van der Waals surface area contributed by atoms with Gasteiger partial charge in [0.05, 0.1) is 29.0 Å². The second-order valence-electron chi connectivity index (χ2n) is 8.30. The van der Waals surface area contributed by atoms with Crippen molar-refractivity contribution in [1.82, 2.24) is 28.8 Å². The number of hydrogen-bond acceptors (Lipinski definition) is 5. The Bertz CT molecular complexity index is 1230. The average Bonchev–Trinajstić information content (AvgIpc) is 3.45. The van der Waals surface area contributed by atoms with Gasteiger partial charge >= 0.3 is 0 Å². The van der Waals surface area contributed by atoms with Crippen molar-refractivity contribution in [2.75, 3.05) is 13.1 Å². The van der Waals surface area contributed by atoms with E-state index in [2.05, 4.69) is 25.6 Å². The van der Waals surface area contributed by atoms with Gasteiger partial charge in [-0.05, 0) is 31.9 Å². The highest BCUT2D eigenvalue weighted by molar-refractivity contribution is 5.77. The molecule has 0 saturated carbocycles. The molecule has 1 N–H and O–H groups in total. The minimum Gasteiger partial charge on any atom is -0.391 e. The summed E-state index contributed by atoms with van der Waals surface area (Å²) in [5, 5.41) is 10.5. The lowest BCUT2D eigenvalue weighted by molar-refractivity contribution is -0.130. The van der Waals surface area contributed by atoms with Crippen LogP contribution in [0.2, 0.25) is 0 Å². The van der Waals surface area contributed by atoms with Crippen molar-refractivity contribution in [3.63, 3.8) is 0 Å². The van der Waals surface area contributed by atoms with Gasteiger partial charge in [0.1, 0.15) is 5.82 Å². The van der Waals surface area contributed by atoms with Crippen LogP contribution in [0.5, 0.6) is 0 Å². The van der Waals surface area contributed by atoms with Crippen LogP contribution in [0.15, 0.2) is 49.1 Å². The van der Waals surface area contributed by atoms with Crippen molar-refractivity contribution in [2.24, 2.45) is 5.92 Å². The zero-order valence-corrected chi connectivity index (χ0v) is 17.6. The highest BCUT2D eigenvalue weighted by Crippen LogP contribution is 2.22.